The molecule has 0 saturated carbocycles. The van der Waals surface area contributed by atoms with E-state index in [1.807, 2.05) is 4.90 Å². The van der Waals surface area contributed by atoms with Crippen molar-refractivity contribution in [1.29, 1.82) is 0 Å². The molecule has 1 spiro atoms. The number of carbonyl (C=O) groups excluding carboxylic acids is 1. The van der Waals surface area contributed by atoms with E-state index in [-0.39, 0.29) is 5.91 Å². The molecule has 4 heteroatoms. The van der Waals surface area contributed by atoms with Crippen LogP contribution in [-0.2, 0) is 20.1 Å². The lowest BCUT2D eigenvalue weighted by Gasteiger charge is -2.32. The van der Waals surface area contributed by atoms with Crippen LogP contribution in [0.25, 0.3) is 0 Å². The standard InChI is InChI=1S/C20H29NO3/c1-4-5-6-7-8-10-21-18-16(3)13-15(2)14-17(18)20(19(21)22)23-11-9-12-24-20/h13-14H,4-12H2,1-3H3. The van der Waals surface area contributed by atoms with Gasteiger partial charge in [0.05, 0.1) is 18.9 Å². The van der Waals surface area contributed by atoms with E-state index in [4.69, 9.17) is 9.47 Å². The second-order valence-electron chi connectivity index (χ2n) is 7.02. The second-order valence-corrected chi connectivity index (χ2v) is 7.02. The quantitative estimate of drug-likeness (QED) is 0.733. The Balaban J connectivity index is 1.87. The van der Waals surface area contributed by atoms with Crippen LogP contribution in [0, 0.1) is 13.8 Å². The predicted octanol–water partition coefficient (Wildman–Crippen LogP) is 4.21. The third-order valence-electron chi connectivity index (χ3n) is 4.98. The number of rotatable bonds is 6. The fraction of sp³-hybridized carbons (Fsp3) is 0.650. The Morgan fingerprint density at radius 1 is 1.08 bits per heavy atom. The first kappa shape index (κ1) is 17.4. The van der Waals surface area contributed by atoms with E-state index in [1.165, 1.54) is 19.3 Å². The first-order valence-corrected chi connectivity index (χ1v) is 9.31. The highest BCUT2D eigenvalue weighted by atomic mass is 16.7. The van der Waals surface area contributed by atoms with Gasteiger partial charge in [-0.2, -0.15) is 0 Å². The van der Waals surface area contributed by atoms with E-state index >= 15 is 0 Å². The molecule has 0 atom stereocenters. The summed E-state index contributed by atoms with van der Waals surface area (Å²) < 4.78 is 11.9. The molecule has 24 heavy (non-hydrogen) atoms. The summed E-state index contributed by atoms with van der Waals surface area (Å²) in [5.74, 6) is -1.24. The van der Waals surface area contributed by atoms with Crippen LogP contribution in [0.4, 0.5) is 5.69 Å². The number of ether oxygens (including phenoxy) is 2. The minimum atomic E-state index is -1.20. The zero-order valence-corrected chi connectivity index (χ0v) is 15.2. The highest BCUT2D eigenvalue weighted by Crippen LogP contribution is 2.47. The Morgan fingerprint density at radius 3 is 2.50 bits per heavy atom. The van der Waals surface area contributed by atoms with Crippen LogP contribution < -0.4 is 4.90 Å². The highest BCUT2D eigenvalue weighted by molar-refractivity contribution is 6.07. The maximum atomic E-state index is 13.2. The zero-order chi connectivity index (χ0) is 17.2. The average Bonchev–Trinajstić information content (AvgIpc) is 2.78. The molecule has 1 fully saturated rings. The third kappa shape index (κ3) is 2.98. The minimum absolute atomic E-state index is 0.0404. The molecular formula is C20H29NO3. The molecular weight excluding hydrogens is 302 g/mol. The molecule has 1 aromatic rings. The summed E-state index contributed by atoms with van der Waals surface area (Å²) in [5, 5.41) is 0. The van der Waals surface area contributed by atoms with Gasteiger partial charge in [-0.1, -0.05) is 44.2 Å². The molecule has 0 bridgehead atoms. The Kier molecular flexibility index (Phi) is 5.26. The number of hydrogen-bond donors (Lipinski definition) is 0. The molecule has 2 heterocycles. The highest BCUT2D eigenvalue weighted by Gasteiger charge is 2.55. The van der Waals surface area contributed by atoms with Crippen LogP contribution in [0.1, 0.15) is 62.1 Å². The molecule has 4 nitrogen and oxygen atoms in total. The van der Waals surface area contributed by atoms with E-state index < -0.39 is 5.79 Å². The molecule has 1 amide bonds. The monoisotopic (exact) mass is 331 g/mol. The summed E-state index contributed by atoms with van der Waals surface area (Å²) in [5.41, 5.74) is 4.17. The van der Waals surface area contributed by atoms with Crippen LogP contribution >= 0.6 is 0 Å². The van der Waals surface area contributed by atoms with Gasteiger partial charge >= 0.3 is 0 Å². The van der Waals surface area contributed by atoms with Crippen molar-refractivity contribution in [3.05, 3.63) is 28.8 Å². The van der Waals surface area contributed by atoms with Crippen LogP contribution in [-0.4, -0.2) is 25.7 Å². The van der Waals surface area contributed by atoms with Gasteiger partial charge in [0.15, 0.2) is 0 Å². The molecule has 0 radical (unpaired) electrons. The lowest BCUT2D eigenvalue weighted by atomic mass is 10.00. The van der Waals surface area contributed by atoms with Gasteiger partial charge in [-0.15, -0.1) is 0 Å². The number of anilines is 1. The molecule has 2 aliphatic heterocycles. The lowest BCUT2D eigenvalue weighted by molar-refractivity contribution is -0.256. The first-order chi connectivity index (χ1) is 11.6. The van der Waals surface area contributed by atoms with Crippen molar-refractivity contribution in [2.75, 3.05) is 24.7 Å². The number of benzene rings is 1. The zero-order valence-electron chi connectivity index (χ0n) is 15.2. The van der Waals surface area contributed by atoms with Crippen LogP contribution in [0.3, 0.4) is 0 Å². The number of hydrogen-bond acceptors (Lipinski definition) is 3. The summed E-state index contributed by atoms with van der Waals surface area (Å²) in [6.45, 7) is 8.24. The van der Waals surface area contributed by atoms with Crippen molar-refractivity contribution in [3.63, 3.8) is 0 Å². The van der Waals surface area contributed by atoms with Crippen LogP contribution in [0.2, 0.25) is 0 Å². The summed E-state index contributed by atoms with van der Waals surface area (Å²) in [6, 6.07) is 4.20. The molecule has 0 N–H and O–H groups in total. The maximum Gasteiger partial charge on any atom is 0.292 e. The summed E-state index contributed by atoms with van der Waals surface area (Å²) >= 11 is 0. The second kappa shape index (κ2) is 7.24. The number of fused-ring (bicyclic) bond motifs is 2. The number of unbranched alkanes of at least 4 members (excludes halogenated alkanes) is 4. The van der Waals surface area contributed by atoms with Crippen LogP contribution in [0.15, 0.2) is 12.1 Å². The minimum Gasteiger partial charge on any atom is -0.338 e. The summed E-state index contributed by atoms with van der Waals surface area (Å²) in [7, 11) is 0. The first-order valence-electron chi connectivity index (χ1n) is 9.31. The summed E-state index contributed by atoms with van der Waals surface area (Å²) in [6.07, 6.45) is 6.75. The fourth-order valence-electron chi connectivity index (χ4n) is 3.86. The molecule has 132 valence electrons. The number of nitrogens with zero attached hydrogens (tertiary/aromatic N) is 1. The van der Waals surface area contributed by atoms with Gasteiger partial charge in [-0.05, 0) is 38.3 Å². The topological polar surface area (TPSA) is 38.8 Å². The van der Waals surface area contributed by atoms with E-state index in [1.54, 1.807) is 0 Å². The Bertz CT molecular complexity index is 605. The number of aryl methyl sites for hydroxylation is 2. The Morgan fingerprint density at radius 2 is 1.79 bits per heavy atom. The van der Waals surface area contributed by atoms with Gasteiger partial charge in [0.2, 0.25) is 0 Å². The predicted molar refractivity (Wildman–Crippen MR) is 95.2 cm³/mol. The Hall–Kier alpha value is -1.39. The van der Waals surface area contributed by atoms with Crippen molar-refractivity contribution in [1.82, 2.24) is 0 Å². The van der Waals surface area contributed by atoms with Crippen molar-refractivity contribution in [3.8, 4) is 0 Å². The van der Waals surface area contributed by atoms with Gasteiger partial charge in [0.1, 0.15) is 0 Å². The molecule has 0 aromatic heterocycles. The Labute approximate surface area is 145 Å². The maximum absolute atomic E-state index is 13.2. The number of amides is 1. The normalized spacial score (nSPS) is 19.1. The van der Waals surface area contributed by atoms with Crippen molar-refractivity contribution in [2.45, 2.75) is 65.1 Å². The smallest absolute Gasteiger partial charge is 0.292 e. The van der Waals surface area contributed by atoms with Gasteiger partial charge in [0, 0.05) is 12.1 Å². The molecule has 2 aliphatic rings. The van der Waals surface area contributed by atoms with Crippen molar-refractivity contribution in [2.24, 2.45) is 0 Å². The SMILES string of the molecule is CCCCCCCN1C(=O)C2(OCCCO2)c2cc(C)cc(C)c21. The lowest BCUT2D eigenvalue weighted by Crippen LogP contribution is -2.47. The number of carbonyl (C=O) groups is 1. The van der Waals surface area contributed by atoms with E-state index in [2.05, 4.69) is 32.9 Å². The summed E-state index contributed by atoms with van der Waals surface area (Å²) in [4.78, 5) is 15.1. The average molecular weight is 331 g/mol. The molecule has 1 saturated heterocycles. The van der Waals surface area contributed by atoms with E-state index in [0.29, 0.717) is 13.2 Å². The molecule has 0 unspecified atom stereocenters. The van der Waals surface area contributed by atoms with Gasteiger partial charge in [-0.25, -0.2) is 0 Å². The molecule has 1 aromatic carbocycles. The van der Waals surface area contributed by atoms with Gasteiger partial charge in [0.25, 0.3) is 11.7 Å². The van der Waals surface area contributed by atoms with Crippen LogP contribution in [0.5, 0.6) is 0 Å². The van der Waals surface area contributed by atoms with Gasteiger partial charge in [-0.3, -0.25) is 4.79 Å². The van der Waals surface area contributed by atoms with E-state index in [0.717, 1.165) is 48.2 Å². The fourth-order valence-corrected chi connectivity index (χ4v) is 3.86. The largest absolute Gasteiger partial charge is 0.338 e. The molecule has 0 aliphatic carbocycles. The molecule has 3 rings (SSSR count). The van der Waals surface area contributed by atoms with Crippen molar-refractivity contribution < 1.29 is 14.3 Å². The van der Waals surface area contributed by atoms with Crippen molar-refractivity contribution >= 4 is 11.6 Å². The third-order valence-corrected chi connectivity index (χ3v) is 4.98. The van der Waals surface area contributed by atoms with E-state index in [9.17, 15) is 4.79 Å². The van der Waals surface area contributed by atoms with Gasteiger partial charge < -0.3 is 14.4 Å².